The van der Waals surface area contributed by atoms with Gasteiger partial charge in [0.15, 0.2) is 0 Å². The molecular weight excluding hydrogens is 194 g/mol. The van der Waals surface area contributed by atoms with Crippen LogP contribution in [0.5, 0.6) is 0 Å². The molecule has 0 saturated carbocycles. The third-order valence-corrected chi connectivity index (χ3v) is 1.79. The molecule has 0 radical (unpaired) electrons. The van der Waals surface area contributed by atoms with Gasteiger partial charge in [-0.15, -0.1) is 0 Å². The average molecular weight is 204 g/mol. The maximum Gasteiger partial charge on any atom is 0.303 e. The predicted octanol–water partition coefficient (Wildman–Crippen LogP) is 1.37. The van der Waals surface area contributed by atoms with E-state index in [0.29, 0.717) is 5.69 Å². The van der Waals surface area contributed by atoms with E-state index in [1.165, 1.54) is 13.1 Å². The number of carboxylic acids is 1. The zero-order valence-electron chi connectivity index (χ0n) is 7.57. The molecule has 78 valence electrons. The van der Waals surface area contributed by atoms with Gasteiger partial charge in [-0.1, -0.05) is 0 Å². The molecule has 1 N–H and O–H groups in total. The molecule has 1 aromatic rings. The van der Waals surface area contributed by atoms with Gasteiger partial charge in [0, 0.05) is 13.5 Å². The molecule has 1 rings (SSSR count). The Balaban J connectivity index is 2.71. The Morgan fingerprint density at radius 3 is 2.79 bits per heavy atom. The number of halogens is 2. The molecule has 0 saturated heterocycles. The molecule has 0 amide bonds. The van der Waals surface area contributed by atoms with Crippen molar-refractivity contribution < 1.29 is 18.7 Å². The van der Waals surface area contributed by atoms with Crippen molar-refractivity contribution >= 4 is 5.97 Å². The second kappa shape index (κ2) is 4.17. The molecule has 0 bridgehead atoms. The van der Waals surface area contributed by atoms with Crippen molar-refractivity contribution in [2.24, 2.45) is 7.05 Å². The molecule has 0 fully saturated rings. The van der Waals surface area contributed by atoms with Gasteiger partial charge in [0.05, 0.1) is 12.1 Å². The fraction of sp³-hybridized carbons (Fsp3) is 0.500. The first-order chi connectivity index (χ1) is 6.50. The Labute approximate surface area is 79.2 Å². The van der Waals surface area contributed by atoms with Crippen LogP contribution in [0.15, 0.2) is 6.07 Å². The highest BCUT2D eigenvalue weighted by Gasteiger charge is 2.14. The summed E-state index contributed by atoms with van der Waals surface area (Å²) in [5, 5.41) is 12.2. The van der Waals surface area contributed by atoms with Crippen LogP contribution >= 0.6 is 0 Å². The molecule has 0 aromatic carbocycles. The van der Waals surface area contributed by atoms with Crippen LogP contribution < -0.4 is 0 Å². The molecule has 0 spiro atoms. The summed E-state index contributed by atoms with van der Waals surface area (Å²) in [6, 6.07) is 1.23. The lowest BCUT2D eigenvalue weighted by atomic mass is 10.2. The Bertz CT molecular complexity index is 336. The smallest absolute Gasteiger partial charge is 0.303 e. The molecule has 0 atom stereocenters. The number of aryl methyl sites for hydroxylation is 2. The van der Waals surface area contributed by atoms with E-state index in [9.17, 15) is 13.6 Å². The van der Waals surface area contributed by atoms with Crippen molar-refractivity contribution in [1.29, 1.82) is 0 Å². The SMILES string of the molecule is Cn1nc(CCC(=O)O)cc1C(F)F. The van der Waals surface area contributed by atoms with E-state index in [2.05, 4.69) is 5.10 Å². The van der Waals surface area contributed by atoms with E-state index < -0.39 is 12.4 Å². The number of carbonyl (C=O) groups is 1. The molecule has 0 aliphatic rings. The number of aliphatic carboxylic acids is 1. The quantitative estimate of drug-likeness (QED) is 0.805. The van der Waals surface area contributed by atoms with Crippen molar-refractivity contribution in [3.8, 4) is 0 Å². The highest BCUT2D eigenvalue weighted by Crippen LogP contribution is 2.19. The van der Waals surface area contributed by atoms with Crippen LogP contribution in [0.4, 0.5) is 8.78 Å². The van der Waals surface area contributed by atoms with Gasteiger partial charge in [-0.3, -0.25) is 9.48 Å². The second-order valence-corrected chi connectivity index (χ2v) is 2.88. The highest BCUT2D eigenvalue weighted by molar-refractivity contribution is 5.66. The molecule has 1 heterocycles. The summed E-state index contributed by atoms with van der Waals surface area (Å²) in [4.78, 5) is 10.2. The normalized spacial score (nSPS) is 10.9. The van der Waals surface area contributed by atoms with Crippen LogP contribution in [0.2, 0.25) is 0 Å². The van der Waals surface area contributed by atoms with E-state index in [0.717, 1.165) is 4.68 Å². The lowest BCUT2D eigenvalue weighted by molar-refractivity contribution is -0.136. The summed E-state index contributed by atoms with van der Waals surface area (Å²) in [7, 11) is 1.41. The van der Waals surface area contributed by atoms with Gasteiger partial charge in [0.25, 0.3) is 6.43 Å². The lowest BCUT2D eigenvalue weighted by Crippen LogP contribution is -2.00. The molecule has 6 heteroatoms. The van der Waals surface area contributed by atoms with Crippen molar-refractivity contribution in [2.45, 2.75) is 19.3 Å². The Morgan fingerprint density at radius 1 is 1.71 bits per heavy atom. The maximum atomic E-state index is 12.3. The molecule has 4 nitrogen and oxygen atoms in total. The van der Waals surface area contributed by atoms with Gasteiger partial charge in [-0.2, -0.15) is 5.10 Å². The third kappa shape index (κ3) is 2.51. The number of rotatable bonds is 4. The molecule has 0 aliphatic carbocycles. The molecule has 1 aromatic heterocycles. The van der Waals surface area contributed by atoms with Crippen molar-refractivity contribution in [2.75, 3.05) is 0 Å². The van der Waals surface area contributed by atoms with Crippen LogP contribution in [-0.2, 0) is 18.3 Å². The van der Waals surface area contributed by atoms with E-state index in [4.69, 9.17) is 5.11 Å². The van der Waals surface area contributed by atoms with Crippen molar-refractivity contribution in [3.05, 3.63) is 17.5 Å². The maximum absolute atomic E-state index is 12.3. The van der Waals surface area contributed by atoms with E-state index in [1.807, 2.05) is 0 Å². The minimum atomic E-state index is -2.58. The largest absolute Gasteiger partial charge is 0.481 e. The third-order valence-electron chi connectivity index (χ3n) is 1.79. The summed E-state index contributed by atoms with van der Waals surface area (Å²) in [5.74, 6) is -0.964. The summed E-state index contributed by atoms with van der Waals surface area (Å²) < 4.78 is 25.6. The number of nitrogens with zero attached hydrogens (tertiary/aromatic N) is 2. The van der Waals surface area contributed by atoms with E-state index in [-0.39, 0.29) is 18.5 Å². The lowest BCUT2D eigenvalue weighted by Gasteiger charge is -1.96. The minimum absolute atomic E-state index is 0.0975. The van der Waals surface area contributed by atoms with Crippen molar-refractivity contribution in [3.63, 3.8) is 0 Å². The van der Waals surface area contributed by atoms with Gasteiger partial charge in [0.1, 0.15) is 5.69 Å². The zero-order chi connectivity index (χ0) is 10.7. The van der Waals surface area contributed by atoms with E-state index >= 15 is 0 Å². The molecular formula is C8H10F2N2O2. The molecule has 14 heavy (non-hydrogen) atoms. The van der Waals surface area contributed by atoms with Gasteiger partial charge < -0.3 is 5.11 Å². The molecule has 0 aliphatic heterocycles. The Hall–Kier alpha value is -1.46. The van der Waals surface area contributed by atoms with Crippen LogP contribution in [0.3, 0.4) is 0 Å². The highest BCUT2D eigenvalue weighted by atomic mass is 19.3. The number of carboxylic acid groups (broad SMARTS) is 1. The first-order valence-electron chi connectivity index (χ1n) is 4.03. The number of hydrogen-bond donors (Lipinski definition) is 1. The summed E-state index contributed by atoms with van der Waals surface area (Å²) in [5.41, 5.74) is 0.190. The second-order valence-electron chi connectivity index (χ2n) is 2.88. The predicted molar refractivity (Wildman–Crippen MR) is 44.1 cm³/mol. The van der Waals surface area contributed by atoms with Crippen LogP contribution in [0.1, 0.15) is 24.2 Å². The van der Waals surface area contributed by atoms with Crippen LogP contribution in [0, 0.1) is 0 Å². The minimum Gasteiger partial charge on any atom is -0.481 e. The first-order valence-corrected chi connectivity index (χ1v) is 4.03. The van der Waals surface area contributed by atoms with Gasteiger partial charge in [0.2, 0.25) is 0 Å². The summed E-state index contributed by atoms with van der Waals surface area (Å²) in [6.07, 6.45) is -2.50. The Morgan fingerprint density at radius 2 is 2.36 bits per heavy atom. The van der Waals surface area contributed by atoms with Gasteiger partial charge >= 0.3 is 5.97 Å². The first kappa shape index (κ1) is 10.6. The fourth-order valence-corrected chi connectivity index (χ4v) is 1.10. The number of hydrogen-bond acceptors (Lipinski definition) is 2. The Kier molecular flexibility index (Phi) is 3.16. The topological polar surface area (TPSA) is 55.1 Å². The fourth-order valence-electron chi connectivity index (χ4n) is 1.10. The standard InChI is InChI=1S/C8H10F2N2O2/c1-12-6(8(9)10)4-5(11-12)2-3-7(13)14/h4,8H,2-3H2,1H3,(H,13,14). The van der Waals surface area contributed by atoms with Gasteiger partial charge in [-0.05, 0) is 6.07 Å². The number of alkyl halides is 2. The summed E-state index contributed by atoms with van der Waals surface area (Å²) in [6.45, 7) is 0. The van der Waals surface area contributed by atoms with Gasteiger partial charge in [-0.25, -0.2) is 8.78 Å². The monoisotopic (exact) mass is 204 g/mol. The average Bonchev–Trinajstić information content (AvgIpc) is 2.43. The number of aromatic nitrogens is 2. The zero-order valence-corrected chi connectivity index (χ0v) is 7.57. The van der Waals surface area contributed by atoms with Crippen LogP contribution in [0.25, 0.3) is 0 Å². The van der Waals surface area contributed by atoms with Crippen molar-refractivity contribution in [1.82, 2.24) is 9.78 Å². The summed E-state index contributed by atoms with van der Waals surface area (Å²) >= 11 is 0. The van der Waals surface area contributed by atoms with Crippen LogP contribution in [-0.4, -0.2) is 20.9 Å². The molecule has 0 unspecified atom stereocenters. The van der Waals surface area contributed by atoms with E-state index in [1.54, 1.807) is 0 Å².